The molecule has 0 spiro atoms. The van der Waals surface area contributed by atoms with E-state index in [1.807, 2.05) is 23.1 Å². The maximum Gasteiger partial charge on any atom is 0.252 e. The van der Waals surface area contributed by atoms with Crippen molar-refractivity contribution in [1.82, 2.24) is 20.2 Å². The van der Waals surface area contributed by atoms with E-state index in [1.54, 1.807) is 18.5 Å². The van der Waals surface area contributed by atoms with E-state index >= 15 is 0 Å². The van der Waals surface area contributed by atoms with Crippen LogP contribution in [-0.2, 0) is 4.79 Å². The zero-order valence-corrected chi connectivity index (χ0v) is 15.5. The van der Waals surface area contributed by atoms with Crippen LogP contribution in [0.25, 0.3) is 11.4 Å². The Balaban J connectivity index is 1.40. The van der Waals surface area contributed by atoms with Crippen LogP contribution in [0.15, 0.2) is 36.7 Å². The molecule has 142 valence electrons. The van der Waals surface area contributed by atoms with Gasteiger partial charge in [0, 0.05) is 37.5 Å². The van der Waals surface area contributed by atoms with E-state index in [1.165, 1.54) is 32.1 Å². The van der Waals surface area contributed by atoms with Crippen molar-refractivity contribution in [2.24, 2.45) is 5.92 Å². The van der Waals surface area contributed by atoms with Gasteiger partial charge in [0.2, 0.25) is 5.91 Å². The van der Waals surface area contributed by atoms with Crippen LogP contribution in [-0.4, -0.2) is 45.8 Å². The first-order valence-corrected chi connectivity index (χ1v) is 9.88. The SMILES string of the molecule is O=C(NC1CC(=O)N(CC2CCCCC2)C1)c1ccccc1-c1ncc[nH]1. The highest BCUT2D eigenvalue weighted by Crippen LogP contribution is 2.26. The molecule has 2 heterocycles. The fourth-order valence-corrected chi connectivity index (χ4v) is 4.29. The minimum atomic E-state index is -0.153. The van der Waals surface area contributed by atoms with E-state index in [0.29, 0.717) is 30.3 Å². The zero-order valence-electron chi connectivity index (χ0n) is 15.5. The molecule has 27 heavy (non-hydrogen) atoms. The summed E-state index contributed by atoms with van der Waals surface area (Å²) in [7, 11) is 0. The molecule has 1 unspecified atom stereocenters. The molecular weight excluding hydrogens is 340 g/mol. The van der Waals surface area contributed by atoms with Crippen LogP contribution in [0.2, 0.25) is 0 Å². The van der Waals surface area contributed by atoms with Gasteiger partial charge in [-0.25, -0.2) is 4.98 Å². The maximum absolute atomic E-state index is 12.8. The molecule has 1 aromatic heterocycles. The summed E-state index contributed by atoms with van der Waals surface area (Å²) in [4.78, 5) is 34.5. The summed E-state index contributed by atoms with van der Waals surface area (Å²) < 4.78 is 0. The predicted octanol–water partition coefficient (Wildman–Crippen LogP) is 2.99. The van der Waals surface area contributed by atoms with E-state index in [0.717, 1.165) is 12.1 Å². The Bertz CT molecular complexity index is 796. The molecule has 2 aliphatic rings. The molecular formula is C21H26N4O2. The summed E-state index contributed by atoms with van der Waals surface area (Å²) in [6, 6.07) is 7.28. The Labute approximate surface area is 159 Å². The maximum atomic E-state index is 12.8. The number of aromatic amines is 1. The van der Waals surface area contributed by atoms with Gasteiger partial charge in [0.05, 0.1) is 11.6 Å². The number of rotatable bonds is 5. The number of nitrogens with one attached hydrogen (secondary N) is 2. The van der Waals surface area contributed by atoms with Gasteiger partial charge in [-0.3, -0.25) is 9.59 Å². The van der Waals surface area contributed by atoms with E-state index < -0.39 is 0 Å². The van der Waals surface area contributed by atoms with Crippen LogP contribution < -0.4 is 5.32 Å². The summed E-state index contributed by atoms with van der Waals surface area (Å²) in [5.74, 6) is 1.29. The highest BCUT2D eigenvalue weighted by atomic mass is 16.2. The fraction of sp³-hybridized carbons (Fsp3) is 0.476. The lowest BCUT2D eigenvalue weighted by molar-refractivity contribution is -0.128. The van der Waals surface area contributed by atoms with Crippen molar-refractivity contribution in [2.45, 2.75) is 44.6 Å². The van der Waals surface area contributed by atoms with Crippen molar-refractivity contribution in [1.29, 1.82) is 0 Å². The monoisotopic (exact) mass is 366 g/mol. The van der Waals surface area contributed by atoms with Gasteiger partial charge in [0.25, 0.3) is 5.91 Å². The molecule has 6 nitrogen and oxygen atoms in total. The minimum absolute atomic E-state index is 0.127. The number of carbonyl (C=O) groups is 2. The smallest absolute Gasteiger partial charge is 0.252 e. The third-order valence-electron chi connectivity index (χ3n) is 5.68. The molecule has 2 aromatic rings. The van der Waals surface area contributed by atoms with E-state index in [9.17, 15) is 9.59 Å². The average molecular weight is 366 g/mol. The normalized spacial score (nSPS) is 20.8. The van der Waals surface area contributed by atoms with Gasteiger partial charge in [-0.1, -0.05) is 37.5 Å². The number of nitrogens with zero attached hydrogens (tertiary/aromatic N) is 2. The van der Waals surface area contributed by atoms with Gasteiger partial charge in [0.15, 0.2) is 0 Å². The molecule has 1 atom stereocenters. The second kappa shape index (κ2) is 7.94. The van der Waals surface area contributed by atoms with Gasteiger partial charge in [0.1, 0.15) is 5.82 Å². The number of imidazole rings is 1. The van der Waals surface area contributed by atoms with Crippen LogP contribution in [0.3, 0.4) is 0 Å². The lowest BCUT2D eigenvalue weighted by Crippen LogP contribution is -2.38. The number of benzene rings is 1. The number of aromatic nitrogens is 2. The molecule has 2 N–H and O–H groups in total. The van der Waals surface area contributed by atoms with Crippen molar-refractivity contribution in [2.75, 3.05) is 13.1 Å². The Morgan fingerprint density at radius 3 is 2.81 bits per heavy atom. The molecule has 2 amide bonds. The summed E-state index contributed by atoms with van der Waals surface area (Å²) in [5, 5.41) is 3.05. The first-order valence-electron chi connectivity index (χ1n) is 9.88. The van der Waals surface area contributed by atoms with Crippen LogP contribution in [0.4, 0.5) is 0 Å². The van der Waals surface area contributed by atoms with Crippen LogP contribution in [0.5, 0.6) is 0 Å². The topological polar surface area (TPSA) is 78.1 Å². The minimum Gasteiger partial charge on any atom is -0.347 e. The van der Waals surface area contributed by atoms with Gasteiger partial charge in [-0.05, 0) is 24.8 Å². The lowest BCUT2D eigenvalue weighted by atomic mass is 9.89. The zero-order chi connectivity index (χ0) is 18.6. The van der Waals surface area contributed by atoms with E-state index in [2.05, 4.69) is 15.3 Å². The van der Waals surface area contributed by atoms with Gasteiger partial charge in [-0.2, -0.15) is 0 Å². The molecule has 1 aromatic carbocycles. The van der Waals surface area contributed by atoms with Crippen LogP contribution >= 0.6 is 0 Å². The lowest BCUT2D eigenvalue weighted by Gasteiger charge is -2.27. The van der Waals surface area contributed by atoms with Crippen LogP contribution in [0.1, 0.15) is 48.9 Å². The third kappa shape index (κ3) is 4.04. The average Bonchev–Trinajstić information content (AvgIpc) is 3.33. The van der Waals surface area contributed by atoms with Crippen molar-refractivity contribution < 1.29 is 9.59 Å². The summed E-state index contributed by atoms with van der Waals surface area (Å²) >= 11 is 0. The highest BCUT2D eigenvalue weighted by molar-refractivity contribution is 6.00. The number of hydrogen-bond acceptors (Lipinski definition) is 3. The molecule has 0 bridgehead atoms. The molecule has 1 saturated carbocycles. The first-order chi connectivity index (χ1) is 13.2. The molecule has 1 saturated heterocycles. The molecule has 6 heteroatoms. The third-order valence-corrected chi connectivity index (χ3v) is 5.68. The van der Waals surface area contributed by atoms with Gasteiger partial charge >= 0.3 is 0 Å². The number of hydrogen-bond donors (Lipinski definition) is 2. The Morgan fingerprint density at radius 2 is 2.04 bits per heavy atom. The molecule has 1 aliphatic heterocycles. The van der Waals surface area contributed by atoms with Gasteiger partial charge in [-0.15, -0.1) is 0 Å². The van der Waals surface area contributed by atoms with Crippen molar-refractivity contribution in [3.8, 4) is 11.4 Å². The molecule has 2 fully saturated rings. The molecule has 4 rings (SSSR count). The number of likely N-dealkylation sites (tertiary alicyclic amines) is 1. The largest absolute Gasteiger partial charge is 0.347 e. The summed E-state index contributed by atoms with van der Waals surface area (Å²) in [6.45, 7) is 1.46. The van der Waals surface area contributed by atoms with E-state index in [-0.39, 0.29) is 17.9 Å². The Morgan fingerprint density at radius 1 is 1.22 bits per heavy atom. The molecule has 0 radical (unpaired) electrons. The van der Waals surface area contributed by atoms with Crippen molar-refractivity contribution in [3.63, 3.8) is 0 Å². The summed E-state index contributed by atoms with van der Waals surface area (Å²) in [5.41, 5.74) is 1.34. The number of carbonyl (C=O) groups excluding carboxylic acids is 2. The van der Waals surface area contributed by atoms with E-state index in [4.69, 9.17) is 0 Å². The highest BCUT2D eigenvalue weighted by Gasteiger charge is 2.32. The quantitative estimate of drug-likeness (QED) is 0.854. The number of H-pyrrole nitrogens is 1. The predicted molar refractivity (Wildman–Crippen MR) is 103 cm³/mol. The fourth-order valence-electron chi connectivity index (χ4n) is 4.29. The standard InChI is InChI=1S/C21H26N4O2/c26-19-12-16(14-25(19)13-15-6-2-1-3-7-15)24-21(27)18-9-5-4-8-17(18)20-22-10-11-23-20/h4-5,8-11,15-16H,1-3,6-7,12-14H2,(H,22,23)(H,24,27). The summed E-state index contributed by atoms with van der Waals surface area (Å²) in [6.07, 6.45) is 10.1. The first kappa shape index (κ1) is 17.8. The molecule has 1 aliphatic carbocycles. The second-order valence-electron chi connectivity index (χ2n) is 7.66. The number of amides is 2. The Kier molecular flexibility index (Phi) is 5.23. The van der Waals surface area contributed by atoms with Crippen LogP contribution in [0, 0.1) is 5.92 Å². The Hall–Kier alpha value is -2.63. The second-order valence-corrected chi connectivity index (χ2v) is 7.66. The van der Waals surface area contributed by atoms with Crippen molar-refractivity contribution >= 4 is 11.8 Å². The van der Waals surface area contributed by atoms with Crippen molar-refractivity contribution in [3.05, 3.63) is 42.2 Å². The van der Waals surface area contributed by atoms with Gasteiger partial charge < -0.3 is 15.2 Å².